The Morgan fingerprint density at radius 3 is 2.53 bits per heavy atom. The van der Waals surface area contributed by atoms with Crippen molar-refractivity contribution in [1.82, 2.24) is 10.4 Å². The van der Waals surface area contributed by atoms with Gasteiger partial charge in [0.05, 0.1) is 12.8 Å². The van der Waals surface area contributed by atoms with E-state index in [0.29, 0.717) is 5.71 Å². The molecule has 1 heterocycles. The summed E-state index contributed by atoms with van der Waals surface area (Å²) in [4.78, 5) is 15.2. The summed E-state index contributed by atoms with van der Waals surface area (Å²) in [5, 5.41) is 4.09. The number of benzene rings is 1. The largest absolute Gasteiger partial charge is 0.452 e. The number of pyridine rings is 1. The molecule has 5 heteroatoms. The lowest BCUT2D eigenvalue weighted by Crippen LogP contribution is -2.20. The van der Waals surface area contributed by atoms with Crippen LogP contribution in [0.25, 0.3) is 0 Å². The molecule has 1 amide bonds. The predicted molar refractivity (Wildman–Crippen MR) is 71.9 cm³/mol. The molecule has 0 spiro atoms. The third-order valence-corrected chi connectivity index (χ3v) is 2.43. The molecule has 2 aromatic rings. The number of carbonyl (C=O) groups is 1. The van der Waals surface area contributed by atoms with Gasteiger partial charge in [0.2, 0.25) is 0 Å². The third-order valence-electron chi connectivity index (χ3n) is 2.43. The van der Waals surface area contributed by atoms with Crippen LogP contribution in [0.3, 0.4) is 0 Å². The zero-order valence-electron chi connectivity index (χ0n) is 10.4. The van der Waals surface area contributed by atoms with Crippen LogP contribution in [0.5, 0.6) is 0 Å². The van der Waals surface area contributed by atoms with Gasteiger partial charge in [0.25, 0.3) is 0 Å². The molecule has 0 unspecified atom stereocenters. The van der Waals surface area contributed by atoms with Gasteiger partial charge in [-0.15, -0.1) is 0 Å². The van der Waals surface area contributed by atoms with Crippen LogP contribution in [0.2, 0.25) is 0 Å². The van der Waals surface area contributed by atoms with Crippen molar-refractivity contribution in [2.45, 2.75) is 0 Å². The zero-order chi connectivity index (χ0) is 13.5. The normalized spacial score (nSPS) is 10.9. The lowest BCUT2D eigenvalue weighted by Gasteiger charge is -2.06. The zero-order valence-corrected chi connectivity index (χ0v) is 10.4. The Morgan fingerprint density at radius 2 is 1.89 bits per heavy atom. The molecule has 0 bridgehead atoms. The average Bonchev–Trinajstić information content (AvgIpc) is 2.49. The monoisotopic (exact) mass is 255 g/mol. The van der Waals surface area contributed by atoms with E-state index in [1.165, 1.54) is 7.11 Å². The summed E-state index contributed by atoms with van der Waals surface area (Å²) < 4.78 is 4.50. The number of hydrazone groups is 1. The molecule has 2 rings (SSSR count). The first-order valence-electron chi connectivity index (χ1n) is 5.68. The molecule has 0 atom stereocenters. The van der Waals surface area contributed by atoms with Gasteiger partial charge >= 0.3 is 6.09 Å². The van der Waals surface area contributed by atoms with Crippen LogP contribution < -0.4 is 5.43 Å². The summed E-state index contributed by atoms with van der Waals surface area (Å²) in [6.07, 6.45) is 2.75. The van der Waals surface area contributed by atoms with E-state index < -0.39 is 6.09 Å². The van der Waals surface area contributed by atoms with Crippen LogP contribution in [-0.4, -0.2) is 23.9 Å². The molecule has 1 N–H and O–H groups in total. The minimum absolute atomic E-state index is 0.614. The number of aromatic nitrogens is 1. The maximum Gasteiger partial charge on any atom is 0.427 e. The first-order valence-corrected chi connectivity index (χ1v) is 5.68. The number of rotatable bonds is 3. The first kappa shape index (κ1) is 12.8. The van der Waals surface area contributed by atoms with Crippen molar-refractivity contribution in [2.24, 2.45) is 5.10 Å². The molecular formula is C14H13N3O2. The minimum Gasteiger partial charge on any atom is -0.452 e. The summed E-state index contributed by atoms with van der Waals surface area (Å²) in [7, 11) is 1.29. The maximum atomic E-state index is 11.1. The molecule has 1 aromatic heterocycles. The molecule has 1 aromatic carbocycles. The molecule has 0 aliphatic rings. The van der Waals surface area contributed by atoms with E-state index >= 15 is 0 Å². The lowest BCUT2D eigenvalue weighted by molar-refractivity contribution is 0.171. The van der Waals surface area contributed by atoms with E-state index in [9.17, 15) is 4.79 Å². The van der Waals surface area contributed by atoms with Gasteiger partial charge in [-0.3, -0.25) is 4.98 Å². The Bertz CT molecular complexity index is 526. The van der Waals surface area contributed by atoms with Gasteiger partial charge in [0, 0.05) is 23.5 Å². The van der Waals surface area contributed by atoms with E-state index in [4.69, 9.17) is 0 Å². The fourth-order valence-corrected chi connectivity index (χ4v) is 1.54. The molecule has 19 heavy (non-hydrogen) atoms. The highest BCUT2D eigenvalue weighted by Gasteiger charge is 2.07. The Balaban J connectivity index is 2.37. The topological polar surface area (TPSA) is 63.6 Å². The van der Waals surface area contributed by atoms with Gasteiger partial charge in [0.1, 0.15) is 0 Å². The summed E-state index contributed by atoms with van der Waals surface area (Å²) in [6.45, 7) is 0. The second-order valence-electron chi connectivity index (χ2n) is 3.67. The van der Waals surface area contributed by atoms with Crippen LogP contribution in [0, 0.1) is 0 Å². The van der Waals surface area contributed by atoms with E-state index in [1.807, 2.05) is 42.5 Å². The summed E-state index contributed by atoms with van der Waals surface area (Å²) >= 11 is 0. The van der Waals surface area contributed by atoms with Crippen LogP contribution >= 0.6 is 0 Å². The number of nitrogens with one attached hydrogen (secondary N) is 1. The molecule has 0 aliphatic heterocycles. The SMILES string of the molecule is COC(=O)N/N=C(\c1ccccc1)c1cccnc1. The maximum absolute atomic E-state index is 11.1. The number of hydrogen-bond donors (Lipinski definition) is 1. The van der Waals surface area contributed by atoms with Crippen molar-refractivity contribution in [3.63, 3.8) is 0 Å². The molecule has 0 saturated carbocycles. The van der Waals surface area contributed by atoms with E-state index in [-0.39, 0.29) is 0 Å². The smallest absolute Gasteiger partial charge is 0.427 e. The molecule has 5 nitrogen and oxygen atoms in total. The molecular weight excluding hydrogens is 242 g/mol. The van der Waals surface area contributed by atoms with E-state index in [2.05, 4.69) is 20.2 Å². The quantitative estimate of drug-likeness (QED) is 0.675. The lowest BCUT2D eigenvalue weighted by atomic mass is 10.0. The van der Waals surface area contributed by atoms with E-state index in [0.717, 1.165) is 11.1 Å². The molecule has 0 saturated heterocycles. The van der Waals surface area contributed by atoms with Gasteiger partial charge < -0.3 is 4.74 Å². The van der Waals surface area contributed by atoms with Crippen LogP contribution in [0.4, 0.5) is 4.79 Å². The van der Waals surface area contributed by atoms with Crippen LogP contribution in [0.15, 0.2) is 60.0 Å². The average molecular weight is 255 g/mol. The van der Waals surface area contributed by atoms with Crippen LogP contribution in [0.1, 0.15) is 11.1 Å². The summed E-state index contributed by atoms with van der Waals surface area (Å²) in [5.41, 5.74) is 4.64. The molecule has 0 fully saturated rings. The first-order chi connectivity index (χ1) is 9.31. The van der Waals surface area contributed by atoms with Gasteiger partial charge in [-0.25, -0.2) is 10.2 Å². The van der Waals surface area contributed by atoms with Gasteiger partial charge in [-0.1, -0.05) is 30.3 Å². The van der Waals surface area contributed by atoms with Crippen molar-refractivity contribution in [3.05, 3.63) is 66.0 Å². The Hall–Kier alpha value is -2.69. The molecule has 0 radical (unpaired) electrons. The second kappa shape index (κ2) is 6.30. The van der Waals surface area contributed by atoms with Crippen molar-refractivity contribution >= 4 is 11.8 Å². The van der Waals surface area contributed by atoms with Gasteiger partial charge in [-0.2, -0.15) is 5.10 Å². The van der Waals surface area contributed by atoms with Gasteiger partial charge in [0.15, 0.2) is 0 Å². The van der Waals surface area contributed by atoms with Crippen LogP contribution in [-0.2, 0) is 4.74 Å². The number of carbonyl (C=O) groups excluding carboxylic acids is 1. The highest BCUT2D eigenvalue weighted by molar-refractivity contribution is 6.12. The summed E-state index contributed by atoms with van der Waals surface area (Å²) in [5.74, 6) is 0. The molecule has 96 valence electrons. The predicted octanol–water partition coefficient (Wildman–Crippen LogP) is 2.19. The second-order valence-corrected chi connectivity index (χ2v) is 3.67. The number of nitrogens with zero attached hydrogens (tertiary/aromatic N) is 2. The highest BCUT2D eigenvalue weighted by Crippen LogP contribution is 2.09. The number of hydrogen-bond acceptors (Lipinski definition) is 4. The Morgan fingerprint density at radius 1 is 1.16 bits per heavy atom. The number of amides is 1. The fraction of sp³-hybridized carbons (Fsp3) is 0.0714. The van der Waals surface area contributed by atoms with Crippen molar-refractivity contribution in [2.75, 3.05) is 7.11 Å². The molecule has 0 aliphatic carbocycles. The van der Waals surface area contributed by atoms with Gasteiger partial charge in [-0.05, 0) is 12.1 Å². The Labute approximate surface area is 110 Å². The number of methoxy groups -OCH3 is 1. The van der Waals surface area contributed by atoms with E-state index in [1.54, 1.807) is 12.4 Å². The third kappa shape index (κ3) is 3.38. The fourth-order valence-electron chi connectivity index (χ4n) is 1.54. The number of ether oxygens (including phenoxy) is 1. The minimum atomic E-state index is -0.614. The standard InChI is InChI=1S/C14H13N3O2/c1-19-14(18)17-16-13(11-6-3-2-4-7-11)12-8-5-9-15-10-12/h2-10H,1H3,(H,17,18)/b16-13+. The highest BCUT2D eigenvalue weighted by atomic mass is 16.5. The van der Waals surface area contributed by atoms with Crippen molar-refractivity contribution < 1.29 is 9.53 Å². The Kier molecular flexibility index (Phi) is 4.23. The summed E-state index contributed by atoms with van der Waals surface area (Å²) in [6, 6.07) is 13.2. The van der Waals surface area contributed by atoms with Crippen molar-refractivity contribution in [3.8, 4) is 0 Å². The van der Waals surface area contributed by atoms with Crippen molar-refractivity contribution in [1.29, 1.82) is 0 Å².